The lowest BCUT2D eigenvalue weighted by Gasteiger charge is -2.07. The highest BCUT2D eigenvalue weighted by Crippen LogP contribution is 2.27. The van der Waals surface area contributed by atoms with Crippen molar-refractivity contribution in [3.05, 3.63) is 47.2 Å². The molecule has 0 saturated carbocycles. The number of H-pyrrole nitrogens is 1. The van der Waals surface area contributed by atoms with Gasteiger partial charge in [0.25, 0.3) is 0 Å². The number of aromatic nitrogens is 3. The largest absolute Gasteiger partial charge is 0.261 e. The molecule has 2 heterocycles. The van der Waals surface area contributed by atoms with Crippen LogP contribution in [0, 0.1) is 30.6 Å². The van der Waals surface area contributed by atoms with Gasteiger partial charge in [0.05, 0.1) is 28.9 Å². The highest BCUT2D eigenvalue weighted by molar-refractivity contribution is 5.85. The Bertz CT molecular complexity index is 891. The average molecular weight is 258 g/mol. The molecule has 2 aromatic heterocycles. The lowest BCUT2D eigenvalue weighted by molar-refractivity contribution is 1.10. The molecular formula is C16H10N4. The minimum atomic E-state index is 0.635. The van der Waals surface area contributed by atoms with E-state index < -0.39 is 0 Å². The van der Waals surface area contributed by atoms with Crippen LogP contribution in [0.4, 0.5) is 0 Å². The van der Waals surface area contributed by atoms with E-state index in [0.717, 1.165) is 27.8 Å². The zero-order chi connectivity index (χ0) is 14.1. The highest BCUT2D eigenvalue weighted by atomic mass is 15.1. The van der Waals surface area contributed by atoms with Gasteiger partial charge in [0.1, 0.15) is 0 Å². The maximum atomic E-state index is 9.11. The normalized spacial score (nSPS) is 10.2. The summed E-state index contributed by atoms with van der Waals surface area (Å²) < 4.78 is 0. The number of nitriles is 1. The number of benzene rings is 1. The fourth-order valence-electron chi connectivity index (χ4n) is 2.22. The van der Waals surface area contributed by atoms with Gasteiger partial charge in [-0.1, -0.05) is 18.1 Å². The van der Waals surface area contributed by atoms with Crippen LogP contribution in [-0.4, -0.2) is 15.2 Å². The summed E-state index contributed by atoms with van der Waals surface area (Å²) in [7, 11) is 0. The smallest absolute Gasteiger partial charge is 0.157 e. The van der Waals surface area contributed by atoms with Gasteiger partial charge in [-0.3, -0.25) is 5.10 Å². The molecule has 3 rings (SSSR count). The monoisotopic (exact) mass is 258 g/mol. The van der Waals surface area contributed by atoms with Crippen LogP contribution in [0.25, 0.3) is 22.3 Å². The van der Waals surface area contributed by atoms with Crippen LogP contribution in [0.1, 0.15) is 16.7 Å². The van der Waals surface area contributed by atoms with Gasteiger partial charge in [-0.15, -0.1) is 6.42 Å². The molecule has 0 aliphatic carbocycles. The Balaban J connectivity index is 2.31. The van der Waals surface area contributed by atoms with Crippen LogP contribution in [0.5, 0.6) is 0 Å². The minimum Gasteiger partial charge on any atom is -0.261 e. The third kappa shape index (κ3) is 1.72. The summed E-state index contributed by atoms with van der Waals surface area (Å²) in [6, 6.07) is 9.59. The van der Waals surface area contributed by atoms with Gasteiger partial charge in [-0.25, -0.2) is 4.98 Å². The molecule has 0 radical (unpaired) electrons. The molecule has 4 heteroatoms. The van der Waals surface area contributed by atoms with E-state index in [1.807, 2.05) is 25.1 Å². The van der Waals surface area contributed by atoms with E-state index in [4.69, 9.17) is 11.7 Å². The molecule has 0 aliphatic rings. The Kier molecular flexibility index (Phi) is 2.71. The molecule has 20 heavy (non-hydrogen) atoms. The first-order valence-corrected chi connectivity index (χ1v) is 6.05. The summed E-state index contributed by atoms with van der Waals surface area (Å²) in [6.07, 6.45) is 7.21. The van der Waals surface area contributed by atoms with E-state index in [1.54, 1.807) is 12.3 Å². The number of terminal acetylenes is 1. The van der Waals surface area contributed by atoms with Crippen LogP contribution in [0.3, 0.4) is 0 Å². The second-order valence-electron chi connectivity index (χ2n) is 4.42. The zero-order valence-electron chi connectivity index (χ0n) is 10.8. The highest BCUT2D eigenvalue weighted by Gasteiger charge is 2.11. The van der Waals surface area contributed by atoms with Crippen molar-refractivity contribution in [3.8, 4) is 29.7 Å². The fraction of sp³-hybridized carbons (Fsp3) is 0.0625. The minimum absolute atomic E-state index is 0.635. The number of aromatic amines is 1. The summed E-state index contributed by atoms with van der Waals surface area (Å²) in [5.74, 6) is 2.65. The van der Waals surface area contributed by atoms with Gasteiger partial charge in [0.15, 0.2) is 5.65 Å². The number of hydrogen-bond acceptors (Lipinski definition) is 3. The molecule has 1 aromatic carbocycles. The van der Waals surface area contributed by atoms with Crippen LogP contribution in [-0.2, 0) is 0 Å². The predicted molar refractivity (Wildman–Crippen MR) is 76.7 cm³/mol. The van der Waals surface area contributed by atoms with Crippen molar-refractivity contribution in [2.24, 2.45) is 0 Å². The molecule has 3 aromatic rings. The number of pyridine rings is 1. The molecular weight excluding hydrogens is 248 g/mol. The summed E-state index contributed by atoms with van der Waals surface area (Å²) in [4.78, 5) is 4.53. The molecule has 0 atom stereocenters. The number of nitrogens with zero attached hydrogens (tertiary/aromatic N) is 3. The van der Waals surface area contributed by atoms with E-state index >= 15 is 0 Å². The van der Waals surface area contributed by atoms with Crippen molar-refractivity contribution in [2.45, 2.75) is 6.92 Å². The van der Waals surface area contributed by atoms with Gasteiger partial charge in [0, 0.05) is 11.1 Å². The molecule has 1 N–H and O–H groups in total. The maximum Gasteiger partial charge on any atom is 0.157 e. The summed E-state index contributed by atoms with van der Waals surface area (Å²) in [5, 5.41) is 16.7. The summed E-state index contributed by atoms with van der Waals surface area (Å²) >= 11 is 0. The standard InChI is InChI=1S/C16H10N4/c1-3-11-7-15(19-16-14(11)9-18-20-16)13-6-4-5-12(8-17)10(13)2/h1,4-7,9H,2H3,(H,18,19,20). The predicted octanol–water partition coefficient (Wildman–Crippen LogP) is 2.79. The Morgan fingerprint density at radius 3 is 2.90 bits per heavy atom. The molecule has 94 valence electrons. The van der Waals surface area contributed by atoms with Gasteiger partial charge in [-0.2, -0.15) is 10.4 Å². The first-order chi connectivity index (χ1) is 9.74. The van der Waals surface area contributed by atoms with Crippen LogP contribution >= 0.6 is 0 Å². The zero-order valence-corrected chi connectivity index (χ0v) is 10.8. The van der Waals surface area contributed by atoms with Gasteiger partial charge >= 0.3 is 0 Å². The summed E-state index contributed by atoms with van der Waals surface area (Å²) in [6.45, 7) is 1.91. The lowest BCUT2D eigenvalue weighted by Crippen LogP contribution is -1.92. The first kappa shape index (κ1) is 12.0. The van der Waals surface area contributed by atoms with Crippen molar-refractivity contribution in [1.29, 1.82) is 5.26 Å². The van der Waals surface area contributed by atoms with E-state index in [-0.39, 0.29) is 0 Å². The van der Waals surface area contributed by atoms with Crippen molar-refractivity contribution in [3.63, 3.8) is 0 Å². The topological polar surface area (TPSA) is 65.4 Å². The van der Waals surface area contributed by atoms with Crippen LogP contribution in [0.15, 0.2) is 30.5 Å². The molecule has 0 bridgehead atoms. The molecule has 0 fully saturated rings. The second-order valence-corrected chi connectivity index (χ2v) is 4.42. The van der Waals surface area contributed by atoms with Crippen molar-refractivity contribution < 1.29 is 0 Å². The fourth-order valence-corrected chi connectivity index (χ4v) is 2.22. The average Bonchev–Trinajstić information content (AvgIpc) is 2.94. The van der Waals surface area contributed by atoms with E-state index in [0.29, 0.717) is 11.2 Å². The first-order valence-electron chi connectivity index (χ1n) is 6.05. The van der Waals surface area contributed by atoms with Crippen LogP contribution in [0.2, 0.25) is 0 Å². The van der Waals surface area contributed by atoms with E-state index in [9.17, 15) is 0 Å². The van der Waals surface area contributed by atoms with Gasteiger partial charge < -0.3 is 0 Å². The van der Waals surface area contributed by atoms with Crippen LogP contribution < -0.4 is 0 Å². The van der Waals surface area contributed by atoms with Crippen molar-refractivity contribution in [1.82, 2.24) is 15.2 Å². The van der Waals surface area contributed by atoms with Crippen molar-refractivity contribution in [2.75, 3.05) is 0 Å². The third-order valence-corrected chi connectivity index (χ3v) is 3.31. The Hall–Kier alpha value is -3.11. The SMILES string of the molecule is C#Cc1cc(-c2cccc(C#N)c2C)nc2[nH]ncc12. The number of fused-ring (bicyclic) bond motifs is 1. The van der Waals surface area contributed by atoms with E-state index in [2.05, 4.69) is 27.2 Å². The Labute approximate surface area is 116 Å². The third-order valence-electron chi connectivity index (χ3n) is 3.31. The van der Waals surface area contributed by atoms with Gasteiger partial charge in [0.2, 0.25) is 0 Å². The molecule has 4 nitrogen and oxygen atoms in total. The Morgan fingerprint density at radius 1 is 1.30 bits per heavy atom. The summed E-state index contributed by atoms with van der Waals surface area (Å²) in [5.41, 5.74) is 4.56. The molecule has 0 aliphatic heterocycles. The molecule has 0 spiro atoms. The second kappa shape index (κ2) is 4.53. The number of nitrogens with one attached hydrogen (secondary N) is 1. The lowest BCUT2D eigenvalue weighted by atomic mass is 9.99. The molecule has 0 saturated heterocycles. The number of hydrogen-bond donors (Lipinski definition) is 1. The molecule has 0 amide bonds. The maximum absolute atomic E-state index is 9.11. The molecule has 0 unspecified atom stereocenters. The van der Waals surface area contributed by atoms with Crippen molar-refractivity contribution >= 4 is 11.0 Å². The van der Waals surface area contributed by atoms with Gasteiger partial charge in [-0.05, 0) is 24.6 Å². The number of rotatable bonds is 1. The van der Waals surface area contributed by atoms with E-state index in [1.165, 1.54) is 0 Å². The quantitative estimate of drug-likeness (QED) is 0.682. The Morgan fingerprint density at radius 2 is 2.15 bits per heavy atom.